The van der Waals surface area contributed by atoms with E-state index in [0.717, 1.165) is 6.26 Å². The Morgan fingerprint density at radius 2 is 2.12 bits per heavy atom. The lowest BCUT2D eigenvalue weighted by Crippen LogP contribution is -2.04. The van der Waals surface area contributed by atoms with Crippen LogP contribution in [-0.2, 0) is 25.6 Å². The van der Waals surface area contributed by atoms with E-state index in [4.69, 9.17) is 9.47 Å². The fraction of sp³-hybridized carbons (Fsp3) is 0.444. The monoisotopic (exact) mass is 247 g/mol. The number of ether oxygens (including phenoxy) is 2. The summed E-state index contributed by atoms with van der Waals surface area (Å²) in [6.07, 6.45) is 2.46. The maximum Gasteiger partial charge on any atom is 0.264 e. The number of hydrogen-bond acceptors (Lipinski definition) is 6. The lowest BCUT2D eigenvalue weighted by atomic mass is 10.3. The molecule has 0 fully saturated rings. The molecule has 1 rings (SSSR count). The Labute approximate surface area is 94.3 Å². The van der Waals surface area contributed by atoms with Crippen LogP contribution in [0.3, 0.4) is 0 Å². The molecule has 0 bridgehead atoms. The van der Waals surface area contributed by atoms with E-state index in [1.807, 2.05) is 0 Å². The highest BCUT2D eigenvalue weighted by Crippen LogP contribution is 2.10. The van der Waals surface area contributed by atoms with E-state index in [-0.39, 0.29) is 13.4 Å². The van der Waals surface area contributed by atoms with Crippen LogP contribution in [0, 0.1) is 0 Å². The van der Waals surface area contributed by atoms with Crippen LogP contribution >= 0.6 is 0 Å². The van der Waals surface area contributed by atoms with Crippen molar-refractivity contribution in [1.82, 2.24) is 4.98 Å². The van der Waals surface area contributed by atoms with E-state index < -0.39 is 10.1 Å². The Balaban J connectivity index is 2.51. The predicted octanol–water partition coefficient (Wildman–Crippen LogP) is 0.540. The van der Waals surface area contributed by atoms with Crippen molar-refractivity contribution in [2.24, 2.45) is 0 Å². The van der Waals surface area contributed by atoms with Gasteiger partial charge < -0.3 is 9.47 Å². The summed E-state index contributed by atoms with van der Waals surface area (Å²) in [5.41, 5.74) is 0.509. The Kier molecular flexibility index (Phi) is 4.66. The number of aromatic nitrogens is 1. The Bertz CT molecular complexity index is 414. The highest BCUT2D eigenvalue weighted by molar-refractivity contribution is 7.85. The molecule has 0 amide bonds. The van der Waals surface area contributed by atoms with Gasteiger partial charge in [0.25, 0.3) is 10.1 Å². The quantitative estimate of drug-likeness (QED) is 0.539. The minimum atomic E-state index is -3.44. The minimum absolute atomic E-state index is 0.0800. The SMILES string of the molecule is COCOc1ccc(COS(C)(=O)=O)nc1. The van der Waals surface area contributed by atoms with Gasteiger partial charge in [-0.3, -0.25) is 9.17 Å². The average Bonchev–Trinajstić information content (AvgIpc) is 2.24. The maximum atomic E-state index is 10.7. The minimum Gasteiger partial charge on any atom is -0.466 e. The molecule has 1 aromatic heterocycles. The first kappa shape index (κ1) is 12.9. The second-order valence-corrected chi connectivity index (χ2v) is 4.65. The van der Waals surface area contributed by atoms with Crippen molar-refractivity contribution in [3.8, 4) is 5.75 Å². The van der Waals surface area contributed by atoms with Crippen molar-refractivity contribution in [2.75, 3.05) is 20.2 Å². The van der Waals surface area contributed by atoms with Crippen molar-refractivity contribution in [1.29, 1.82) is 0 Å². The van der Waals surface area contributed by atoms with Crippen LogP contribution in [0.5, 0.6) is 5.75 Å². The van der Waals surface area contributed by atoms with Crippen LogP contribution in [0.1, 0.15) is 5.69 Å². The van der Waals surface area contributed by atoms with Gasteiger partial charge >= 0.3 is 0 Å². The summed E-state index contributed by atoms with van der Waals surface area (Å²) in [5.74, 6) is 0.546. The molecule has 0 radical (unpaired) electrons. The zero-order valence-corrected chi connectivity index (χ0v) is 9.86. The summed E-state index contributed by atoms with van der Waals surface area (Å²) < 4.78 is 35.8. The Morgan fingerprint density at radius 1 is 1.38 bits per heavy atom. The fourth-order valence-corrected chi connectivity index (χ4v) is 1.21. The lowest BCUT2D eigenvalue weighted by molar-refractivity contribution is 0.0508. The van der Waals surface area contributed by atoms with Crippen LogP contribution in [0.4, 0.5) is 0 Å². The topological polar surface area (TPSA) is 74.7 Å². The van der Waals surface area contributed by atoms with Crippen molar-refractivity contribution in [2.45, 2.75) is 6.61 Å². The van der Waals surface area contributed by atoms with Gasteiger partial charge in [-0.2, -0.15) is 8.42 Å². The summed E-state index contributed by atoms with van der Waals surface area (Å²) in [7, 11) is -1.92. The highest BCUT2D eigenvalue weighted by Gasteiger charge is 2.03. The van der Waals surface area contributed by atoms with E-state index in [1.54, 1.807) is 12.1 Å². The highest BCUT2D eigenvalue weighted by atomic mass is 32.2. The second kappa shape index (κ2) is 5.78. The number of nitrogens with zero attached hydrogens (tertiary/aromatic N) is 1. The van der Waals surface area contributed by atoms with Crippen LogP contribution in [0.25, 0.3) is 0 Å². The van der Waals surface area contributed by atoms with Crippen molar-refractivity contribution in [3.05, 3.63) is 24.0 Å². The molecule has 16 heavy (non-hydrogen) atoms. The van der Waals surface area contributed by atoms with Gasteiger partial charge in [0.1, 0.15) is 12.4 Å². The first-order valence-corrected chi connectivity index (χ1v) is 6.24. The molecular formula is C9H13NO5S. The van der Waals surface area contributed by atoms with Gasteiger partial charge in [0, 0.05) is 7.11 Å². The van der Waals surface area contributed by atoms with Crippen LogP contribution in [-0.4, -0.2) is 33.6 Å². The summed E-state index contributed by atoms with van der Waals surface area (Å²) in [6.45, 7) is 0.0598. The van der Waals surface area contributed by atoms with Crippen molar-refractivity contribution < 1.29 is 22.1 Å². The zero-order chi connectivity index (χ0) is 12.0. The summed E-state index contributed by atoms with van der Waals surface area (Å²) in [4.78, 5) is 3.96. The van der Waals surface area contributed by atoms with E-state index in [9.17, 15) is 8.42 Å². The second-order valence-electron chi connectivity index (χ2n) is 3.00. The zero-order valence-electron chi connectivity index (χ0n) is 9.04. The molecule has 1 heterocycles. The van der Waals surface area contributed by atoms with Crippen LogP contribution < -0.4 is 4.74 Å². The molecule has 0 aliphatic rings. The molecular weight excluding hydrogens is 234 g/mol. The van der Waals surface area contributed by atoms with E-state index in [1.165, 1.54) is 13.3 Å². The predicted molar refractivity (Wildman–Crippen MR) is 56.4 cm³/mol. The molecule has 0 aliphatic heterocycles. The lowest BCUT2D eigenvalue weighted by Gasteiger charge is -2.05. The van der Waals surface area contributed by atoms with Gasteiger partial charge in [0.05, 0.1) is 18.1 Å². The summed E-state index contributed by atoms with van der Waals surface area (Å²) in [5, 5.41) is 0. The van der Waals surface area contributed by atoms with Crippen LogP contribution in [0.15, 0.2) is 18.3 Å². The molecule has 0 saturated carbocycles. The van der Waals surface area contributed by atoms with Gasteiger partial charge in [0.2, 0.25) is 0 Å². The third-order valence-corrected chi connectivity index (χ3v) is 2.11. The van der Waals surface area contributed by atoms with Crippen LogP contribution in [0.2, 0.25) is 0 Å². The van der Waals surface area contributed by atoms with Gasteiger partial charge in [-0.15, -0.1) is 0 Å². The average molecular weight is 247 g/mol. The molecule has 0 atom stereocenters. The third-order valence-electron chi connectivity index (χ3n) is 1.56. The number of methoxy groups -OCH3 is 1. The summed E-state index contributed by atoms with van der Waals surface area (Å²) in [6, 6.07) is 3.28. The largest absolute Gasteiger partial charge is 0.466 e. The third kappa shape index (κ3) is 5.06. The number of pyridine rings is 1. The first-order valence-electron chi connectivity index (χ1n) is 4.42. The molecule has 0 aliphatic carbocycles. The molecule has 7 heteroatoms. The molecule has 6 nitrogen and oxygen atoms in total. The van der Waals surface area contributed by atoms with Crippen molar-refractivity contribution in [3.63, 3.8) is 0 Å². The molecule has 1 aromatic rings. The fourth-order valence-electron chi connectivity index (χ4n) is 0.876. The Morgan fingerprint density at radius 3 is 2.62 bits per heavy atom. The van der Waals surface area contributed by atoms with E-state index in [2.05, 4.69) is 9.17 Å². The maximum absolute atomic E-state index is 10.7. The molecule has 0 aromatic carbocycles. The van der Waals surface area contributed by atoms with Gasteiger partial charge in [-0.1, -0.05) is 0 Å². The smallest absolute Gasteiger partial charge is 0.264 e. The number of hydrogen-bond donors (Lipinski definition) is 0. The van der Waals surface area contributed by atoms with E-state index in [0.29, 0.717) is 11.4 Å². The molecule has 90 valence electrons. The van der Waals surface area contributed by atoms with E-state index >= 15 is 0 Å². The molecule has 0 N–H and O–H groups in total. The van der Waals surface area contributed by atoms with Crippen molar-refractivity contribution >= 4 is 10.1 Å². The molecule has 0 spiro atoms. The van der Waals surface area contributed by atoms with Gasteiger partial charge in [-0.05, 0) is 12.1 Å². The normalized spacial score (nSPS) is 11.4. The number of rotatable bonds is 6. The molecule has 0 unspecified atom stereocenters. The summed E-state index contributed by atoms with van der Waals surface area (Å²) >= 11 is 0. The Hall–Kier alpha value is -1.18. The standard InChI is InChI=1S/C9H13NO5S/c1-13-7-14-9-4-3-8(10-5-9)6-15-16(2,11)12/h3-5H,6-7H2,1-2H3. The molecule has 0 saturated heterocycles. The van der Waals surface area contributed by atoms with Gasteiger partial charge in [0.15, 0.2) is 6.79 Å². The first-order chi connectivity index (χ1) is 7.51. The van der Waals surface area contributed by atoms with Gasteiger partial charge in [-0.25, -0.2) is 0 Å².